The fourth-order valence-electron chi connectivity index (χ4n) is 4.23. The van der Waals surface area contributed by atoms with Gasteiger partial charge < -0.3 is 10.5 Å². The van der Waals surface area contributed by atoms with Crippen molar-refractivity contribution < 1.29 is 4.74 Å². The molecular formula is C19H31NO. The molecule has 0 bridgehead atoms. The Morgan fingerprint density at radius 3 is 2.29 bits per heavy atom. The zero-order chi connectivity index (χ0) is 15.6. The van der Waals surface area contributed by atoms with Crippen molar-refractivity contribution in [3.05, 3.63) is 28.8 Å². The van der Waals surface area contributed by atoms with E-state index in [1.54, 1.807) is 7.11 Å². The molecule has 2 heteroatoms. The maximum Gasteiger partial charge on any atom is 0.122 e. The summed E-state index contributed by atoms with van der Waals surface area (Å²) in [5.41, 5.74) is 10.9. The van der Waals surface area contributed by atoms with Gasteiger partial charge in [0.05, 0.1) is 7.11 Å². The van der Waals surface area contributed by atoms with Crippen LogP contribution in [0.15, 0.2) is 12.1 Å². The van der Waals surface area contributed by atoms with Crippen molar-refractivity contribution in [1.82, 2.24) is 0 Å². The van der Waals surface area contributed by atoms with Crippen molar-refractivity contribution in [1.29, 1.82) is 0 Å². The summed E-state index contributed by atoms with van der Waals surface area (Å²) in [6.45, 7) is 8.91. The lowest BCUT2D eigenvalue weighted by molar-refractivity contribution is 0.183. The lowest BCUT2D eigenvalue weighted by Gasteiger charge is -2.38. The van der Waals surface area contributed by atoms with Gasteiger partial charge in [-0.25, -0.2) is 0 Å². The van der Waals surface area contributed by atoms with Gasteiger partial charge in [0.1, 0.15) is 5.75 Å². The Morgan fingerprint density at radius 2 is 1.76 bits per heavy atom. The van der Waals surface area contributed by atoms with Gasteiger partial charge in [-0.15, -0.1) is 0 Å². The molecule has 1 aromatic rings. The Kier molecular flexibility index (Phi) is 4.98. The predicted octanol–water partition coefficient (Wildman–Crippen LogP) is 4.92. The molecule has 0 radical (unpaired) electrons. The number of rotatable bonds is 5. The Hall–Kier alpha value is -1.02. The van der Waals surface area contributed by atoms with E-state index in [1.807, 2.05) is 0 Å². The van der Waals surface area contributed by atoms with Gasteiger partial charge in [0.2, 0.25) is 0 Å². The smallest absolute Gasteiger partial charge is 0.122 e. The van der Waals surface area contributed by atoms with Gasteiger partial charge in [-0.05, 0) is 67.2 Å². The molecule has 21 heavy (non-hydrogen) atoms. The van der Waals surface area contributed by atoms with Crippen LogP contribution in [-0.2, 0) is 0 Å². The monoisotopic (exact) mass is 289 g/mol. The van der Waals surface area contributed by atoms with Crippen molar-refractivity contribution >= 4 is 0 Å². The highest BCUT2D eigenvalue weighted by Crippen LogP contribution is 2.51. The second kappa shape index (κ2) is 6.39. The van der Waals surface area contributed by atoms with Crippen LogP contribution < -0.4 is 10.5 Å². The van der Waals surface area contributed by atoms with E-state index in [-0.39, 0.29) is 6.04 Å². The van der Waals surface area contributed by atoms with Gasteiger partial charge in [0, 0.05) is 6.04 Å². The van der Waals surface area contributed by atoms with Crippen molar-refractivity contribution in [2.75, 3.05) is 7.11 Å². The second-order valence-corrected chi connectivity index (χ2v) is 7.32. The number of methoxy groups -OCH3 is 1. The van der Waals surface area contributed by atoms with Crippen LogP contribution in [0.5, 0.6) is 5.75 Å². The Balaban J connectivity index is 2.37. The zero-order valence-electron chi connectivity index (χ0n) is 14.3. The van der Waals surface area contributed by atoms with Crippen molar-refractivity contribution in [2.45, 2.75) is 65.8 Å². The molecule has 0 spiro atoms. The third kappa shape index (κ3) is 3.26. The summed E-state index contributed by atoms with van der Waals surface area (Å²) in [6, 6.07) is 4.54. The molecule has 1 fully saturated rings. The highest BCUT2D eigenvalue weighted by Gasteiger charge is 2.41. The molecule has 2 nitrogen and oxygen atoms in total. The average Bonchev–Trinajstić information content (AvgIpc) is 2.89. The second-order valence-electron chi connectivity index (χ2n) is 7.32. The van der Waals surface area contributed by atoms with E-state index in [9.17, 15) is 0 Å². The summed E-state index contributed by atoms with van der Waals surface area (Å²) < 4.78 is 5.43. The minimum Gasteiger partial charge on any atom is -0.496 e. The molecule has 0 aromatic heterocycles. The largest absolute Gasteiger partial charge is 0.496 e. The van der Waals surface area contributed by atoms with E-state index in [1.165, 1.54) is 48.8 Å². The minimum absolute atomic E-state index is 0.145. The summed E-state index contributed by atoms with van der Waals surface area (Å²) in [5, 5.41) is 0. The number of hydrogen-bond acceptors (Lipinski definition) is 2. The lowest BCUT2D eigenvalue weighted by atomic mass is 9.70. The number of nitrogens with two attached hydrogens (primary N) is 1. The first-order valence-corrected chi connectivity index (χ1v) is 8.30. The van der Waals surface area contributed by atoms with Crippen LogP contribution >= 0.6 is 0 Å². The molecule has 1 unspecified atom stereocenters. The normalized spacial score (nSPS) is 19.0. The third-order valence-electron chi connectivity index (χ3n) is 5.19. The van der Waals surface area contributed by atoms with E-state index in [4.69, 9.17) is 10.5 Å². The van der Waals surface area contributed by atoms with Crippen LogP contribution in [0.25, 0.3) is 0 Å². The first-order valence-electron chi connectivity index (χ1n) is 8.30. The summed E-state index contributed by atoms with van der Waals surface area (Å²) in [4.78, 5) is 0. The molecule has 0 aliphatic heterocycles. The zero-order valence-corrected chi connectivity index (χ0v) is 14.3. The van der Waals surface area contributed by atoms with Gasteiger partial charge in [0.15, 0.2) is 0 Å². The van der Waals surface area contributed by atoms with E-state index in [0.29, 0.717) is 11.3 Å². The molecule has 1 aliphatic rings. The third-order valence-corrected chi connectivity index (χ3v) is 5.19. The molecule has 1 aliphatic carbocycles. The topological polar surface area (TPSA) is 35.2 Å². The summed E-state index contributed by atoms with van der Waals surface area (Å²) in [5.74, 6) is 1.67. The van der Waals surface area contributed by atoms with Crippen molar-refractivity contribution in [2.24, 2.45) is 17.1 Å². The molecule has 1 saturated carbocycles. The summed E-state index contributed by atoms with van der Waals surface area (Å²) in [6.07, 6.45) is 6.44. The molecule has 1 atom stereocenters. The quantitative estimate of drug-likeness (QED) is 0.835. The standard InChI is InChI=1S/C19H31NO/c1-13(2)12-19(8-6-7-9-19)18(20)16-10-15(4)17(21-5)11-14(16)3/h10-11,13,18H,6-9,12,20H2,1-5H3. The van der Waals surface area contributed by atoms with Crippen molar-refractivity contribution in [3.63, 3.8) is 0 Å². The maximum absolute atomic E-state index is 6.80. The molecule has 118 valence electrons. The highest BCUT2D eigenvalue weighted by atomic mass is 16.5. The van der Waals surface area contributed by atoms with Crippen molar-refractivity contribution in [3.8, 4) is 5.75 Å². The first-order chi connectivity index (χ1) is 9.89. The number of aryl methyl sites for hydroxylation is 2. The Bertz CT molecular complexity index is 487. The number of ether oxygens (including phenoxy) is 1. The summed E-state index contributed by atoms with van der Waals surface area (Å²) >= 11 is 0. The van der Waals surface area contributed by atoms with Gasteiger partial charge in [-0.1, -0.05) is 32.8 Å². The molecular weight excluding hydrogens is 258 g/mol. The number of benzene rings is 1. The van der Waals surface area contributed by atoms with Gasteiger partial charge in [-0.2, -0.15) is 0 Å². The number of hydrogen-bond donors (Lipinski definition) is 1. The van der Waals surface area contributed by atoms with Crippen LogP contribution in [0.1, 0.15) is 68.7 Å². The Labute approximate surface area is 130 Å². The average molecular weight is 289 g/mol. The predicted molar refractivity (Wildman–Crippen MR) is 89.8 cm³/mol. The summed E-state index contributed by atoms with van der Waals surface area (Å²) in [7, 11) is 1.73. The lowest BCUT2D eigenvalue weighted by Crippen LogP contribution is -2.34. The van der Waals surface area contributed by atoms with Gasteiger partial charge in [0.25, 0.3) is 0 Å². The first kappa shape index (κ1) is 16.4. The molecule has 0 heterocycles. The van der Waals surface area contributed by atoms with E-state index in [0.717, 1.165) is 5.75 Å². The molecule has 0 amide bonds. The van der Waals surface area contributed by atoms with E-state index in [2.05, 4.69) is 39.8 Å². The van der Waals surface area contributed by atoms with E-state index >= 15 is 0 Å². The molecule has 1 aromatic carbocycles. The molecule has 0 saturated heterocycles. The minimum atomic E-state index is 0.145. The van der Waals surface area contributed by atoms with Crippen LogP contribution in [0, 0.1) is 25.2 Å². The SMILES string of the molecule is COc1cc(C)c(C(N)C2(CC(C)C)CCCC2)cc1C. The molecule has 2 N–H and O–H groups in total. The van der Waals surface area contributed by atoms with Gasteiger partial charge >= 0.3 is 0 Å². The van der Waals surface area contributed by atoms with Crippen LogP contribution in [0.3, 0.4) is 0 Å². The Morgan fingerprint density at radius 1 is 1.14 bits per heavy atom. The highest BCUT2D eigenvalue weighted by molar-refractivity contribution is 5.43. The van der Waals surface area contributed by atoms with Crippen LogP contribution in [0.4, 0.5) is 0 Å². The fourth-order valence-corrected chi connectivity index (χ4v) is 4.23. The van der Waals surface area contributed by atoms with Crippen LogP contribution in [-0.4, -0.2) is 7.11 Å². The van der Waals surface area contributed by atoms with Crippen LogP contribution in [0.2, 0.25) is 0 Å². The van der Waals surface area contributed by atoms with E-state index < -0.39 is 0 Å². The molecule has 2 rings (SSSR count). The van der Waals surface area contributed by atoms with Gasteiger partial charge in [-0.3, -0.25) is 0 Å². The fraction of sp³-hybridized carbons (Fsp3) is 0.684. The maximum atomic E-state index is 6.80.